The number of carbonyl (C=O) groups excluding carboxylic acids is 1. The van der Waals surface area contributed by atoms with E-state index in [1.54, 1.807) is 11.3 Å². The van der Waals surface area contributed by atoms with Crippen molar-refractivity contribution >= 4 is 54.2 Å². The number of halogens is 1. The molecule has 0 saturated carbocycles. The molecule has 2 heterocycles. The predicted molar refractivity (Wildman–Crippen MR) is 117 cm³/mol. The van der Waals surface area contributed by atoms with E-state index >= 15 is 0 Å². The number of anilines is 2. The summed E-state index contributed by atoms with van der Waals surface area (Å²) in [6.07, 6.45) is 1.72. The average molecular weight is 444 g/mol. The van der Waals surface area contributed by atoms with E-state index in [0.717, 1.165) is 52.3 Å². The highest BCUT2D eigenvalue weighted by molar-refractivity contribution is 9.10. The van der Waals surface area contributed by atoms with Crippen LogP contribution in [-0.2, 0) is 4.79 Å². The minimum atomic E-state index is 0.0564. The number of carbonyl (C=O) groups is 1. The van der Waals surface area contributed by atoms with Gasteiger partial charge >= 0.3 is 0 Å². The minimum absolute atomic E-state index is 0.0564. The summed E-state index contributed by atoms with van der Waals surface area (Å²) in [6, 6.07) is 12.3. The third-order valence-electron chi connectivity index (χ3n) is 5.12. The molecule has 1 aromatic heterocycles. The van der Waals surface area contributed by atoms with Crippen LogP contribution < -0.4 is 10.2 Å². The average Bonchev–Trinajstić information content (AvgIpc) is 3.07. The van der Waals surface area contributed by atoms with Gasteiger partial charge in [0, 0.05) is 29.2 Å². The summed E-state index contributed by atoms with van der Waals surface area (Å²) in [5.41, 5.74) is 4.29. The molecule has 1 amide bonds. The van der Waals surface area contributed by atoms with Gasteiger partial charge in [0.25, 0.3) is 0 Å². The van der Waals surface area contributed by atoms with E-state index in [0.29, 0.717) is 0 Å². The Labute approximate surface area is 171 Å². The smallest absolute Gasteiger partial charge is 0.227 e. The van der Waals surface area contributed by atoms with Crippen molar-refractivity contribution in [3.05, 3.63) is 52.0 Å². The molecular formula is C21H22BrN3OS. The Bertz CT molecular complexity index is 992. The number of rotatable bonds is 3. The second kappa shape index (κ2) is 7.60. The molecule has 1 aliphatic heterocycles. The molecule has 0 bridgehead atoms. The molecule has 2 aromatic carbocycles. The number of thiazole rings is 1. The van der Waals surface area contributed by atoms with Gasteiger partial charge in [0.2, 0.25) is 5.91 Å². The monoisotopic (exact) mass is 443 g/mol. The molecule has 0 aliphatic carbocycles. The van der Waals surface area contributed by atoms with Crippen molar-refractivity contribution in [2.45, 2.75) is 26.7 Å². The standard InChI is InChI=1S/C21H22BrN3OS/c1-13-3-5-18-19(11-13)27-21(24-18)25-9-7-15(8-10-25)20(26)23-17-6-4-16(22)12-14(17)2/h3-6,11-12,15H,7-10H2,1-2H3,(H,23,26). The van der Waals surface area contributed by atoms with Crippen LogP contribution in [0.3, 0.4) is 0 Å². The summed E-state index contributed by atoms with van der Waals surface area (Å²) in [4.78, 5) is 19.8. The first-order valence-electron chi connectivity index (χ1n) is 9.19. The second-order valence-corrected chi connectivity index (χ2v) is 9.10. The summed E-state index contributed by atoms with van der Waals surface area (Å²) in [6.45, 7) is 5.86. The van der Waals surface area contributed by atoms with Crippen LogP contribution in [0.1, 0.15) is 24.0 Å². The zero-order valence-electron chi connectivity index (χ0n) is 15.5. The van der Waals surface area contributed by atoms with Crippen LogP contribution in [0.4, 0.5) is 10.8 Å². The van der Waals surface area contributed by atoms with Crippen LogP contribution in [0.15, 0.2) is 40.9 Å². The topological polar surface area (TPSA) is 45.2 Å². The van der Waals surface area contributed by atoms with Gasteiger partial charge in [-0.3, -0.25) is 4.79 Å². The van der Waals surface area contributed by atoms with Crippen LogP contribution in [0.2, 0.25) is 0 Å². The number of nitrogens with one attached hydrogen (secondary N) is 1. The molecule has 6 heteroatoms. The molecule has 0 unspecified atom stereocenters. The Kier molecular flexibility index (Phi) is 5.19. The first-order valence-corrected chi connectivity index (χ1v) is 10.8. The number of hydrogen-bond donors (Lipinski definition) is 1. The molecule has 0 spiro atoms. The van der Waals surface area contributed by atoms with E-state index in [1.807, 2.05) is 25.1 Å². The quantitative estimate of drug-likeness (QED) is 0.578. The summed E-state index contributed by atoms with van der Waals surface area (Å²) in [5.74, 6) is 0.181. The molecule has 3 aromatic rings. The molecular weight excluding hydrogens is 422 g/mol. The SMILES string of the molecule is Cc1ccc2nc(N3CCC(C(=O)Nc4ccc(Br)cc4C)CC3)sc2c1. The maximum Gasteiger partial charge on any atom is 0.227 e. The largest absolute Gasteiger partial charge is 0.348 e. The molecule has 1 aliphatic rings. The number of benzene rings is 2. The van der Waals surface area contributed by atoms with Crippen LogP contribution in [0.25, 0.3) is 10.2 Å². The number of aromatic nitrogens is 1. The third-order valence-corrected chi connectivity index (χ3v) is 6.69. The summed E-state index contributed by atoms with van der Waals surface area (Å²) < 4.78 is 2.26. The minimum Gasteiger partial charge on any atom is -0.348 e. The molecule has 0 atom stereocenters. The van der Waals surface area contributed by atoms with E-state index in [-0.39, 0.29) is 11.8 Å². The molecule has 1 N–H and O–H groups in total. The number of aryl methyl sites for hydroxylation is 2. The highest BCUT2D eigenvalue weighted by atomic mass is 79.9. The van der Waals surface area contributed by atoms with Gasteiger partial charge in [-0.1, -0.05) is 33.3 Å². The molecule has 0 radical (unpaired) electrons. The van der Waals surface area contributed by atoms with E-state index in [1.165, 1.54) is 10.3 Å². The fourth-order valence-electron chi connectivity index (χ4n) is 3.49. The molecule has 27 heavy (non-hydrogen) atoms. The van der Waals surface area contributed by atoms with Crippen molar-refractivity contribution in [1.29, 1.82) is 0 Å². The lowest BCUT2D eigenvalue weighted by Gasteiger charge is -2.31. The fraction of sp³-hybridized carbons (Fsp3) is 0.333. The van der Waals surface area contributed by atoms with Crippen molar-refractivity contribution in [1.82, 2.24) is 4.98 Å². The highest BCUT2D eigenvalue weighted by Crippen LogP contribution is 2.32. The van der Waals surface area contributed by atoms with Gasteiger partial charge in [0.05, 0.1) is 10.2 Å². The van der Waals surface area contributed by atoms with Gasteiger partial charge in [0.1, 0.15) is 0 Å². The van der Waals surface area contributed by atoms with Crippen LogP contribution in [0.5, 0.6) is 0 Å². The lowest BCUT2D eigenvalue weighted by molar-refractivity contribution is -0.120. The number of amides is 1. The molecule has 1 saturated heterocycles. The normalized spacial score (nSPS) is 15.3. The number of fused-ring (bicyclic) bond motifs is 1. The predicted octanol–water partition coefficient (Wildman–Crippen LogP) is 5.53. The first kappa shape index (κ1) is 18.4. The van der Waals surface area contributed by atoms with Gasteiger partial charge in [0.15, 0.2) is 5.13 Å². The maximum atomic E-state index is 12.7. The van der Waals surface area contributed by atoms with E-state index in [9.17, 15) is 4.79 Å². The summed E-state index contributed by atoms with van der Waals surface area (Å²) in [5, 5.41) is 4.17. The Morgan fingerprint density at radius 1 is 1.19 bits per heavy atom. The van der Waals surface area contributed by atoms with Gasteiger partial charge < -0.3 is 10.2 Å². The van der Waals surface area contributed by atoms with Crippen molar-refractivity contribution in [2.75, 3.05) is 23.3 Å². The summed E-state index contributed by atoms with van der Waals surface area (Å²) in [7, 11) is 0. The lowest BCUT2D eigenvalue weighted by atomic mass is 9.96. The third kappa shape index (κ3) is 4.01. The van der Waals surface area contributed by atoms with Crippen LogP contribution in [0, 0.1) is 19.8 Å². The van der Waals surface area contributed by atoms with Crippen molar-refractivity contribution < 1.29 is 4.79 Å². The van der Waals surface area contributed by atoms with Crippen molar-refractivity contribution in [3.8, 4) is 0 Å². The number of piperidine rings is 1. The Hall–Kier alpha value is -1.92. The lowest BCUT2D eigenvalue weighted by Crippen LogP contribution is -2.38. The number of hydrogen-bond acceptors (Lipinski definition) is 4. The molecule has 4 nitrogen and oxygen atoms in total. The van der Waals surface area contributed by atoms with Crippen LogP contribution in [-0.4, -0.2) is 24.0 Å². The van der Waals surface area contributed by atoms with Gasteiger partial charge in [-0.2, -0.15) is 0 Å². The maximum absolute atomic E-state index is 12.7. The van der Waals surface area contributed by atoms with E-state index in [2.05, 4.69) is 51.3 Å². The number of nitrogens with zero attached hydrogens (tertiary/aromatic N) is 2. The Morgan fingerprint density at radius 2 is 1.96 bits per heavy atom. The highest BCUT2D eigenvalue weighted by Gasteiger charge is 2.26. The van der Waals surface area contributed by atoms with Crippen molar-refractivity contribution in [3.63, 3.8) is 0 Å². The fourth-order valence-corrected chi connectivity index (χ4v) is 5.08. The molecule has 4 rings (SSSR count). The first-order chi connectivity index (χ1) is 13.0. The van der Waals surface area contributed by atoms with E-state index < -0.39 is 0 Å². The molecule has 1 fully saturated rings. The summed E-state index contributed by atoms with van der Waals surface area (Å²) >= 11 is 5.20. The zero-order chi connectivity index (χ0) is 19.0. The Balaban J connectivity index is 1.39. The van der Waals surface area contributed by atoms with Crippen molar-refractivity contribution in [2.24, 2.45) is 5.92 Å². The second-order valence-electron chi connectivity index (χ2n) is 7.18. The van der Waals surface area contributed by atoms with Gasteiger partial charge in [-0.15, -0.1) is 0 Å². The van der Waals surface area contributed by atoms with E-state index in [4.69, 9.17) is 4.98 Å². The van der Waals surface area contributed by atoms with Crippen LogP contribution >= 0.6 is 27.3 Å². The zero-order valence-corrected chi connectivity index (χ0v) is 17.9. The Morgan fingerprint density at radius 3 is 2.70 bits per heavy atom. The van der Waals surface area contributed by atoms with Gasteiger partial charge in [-0.25, -0.2) is 4.98 Å². The van der Waals surface area contributed by atoms with Gasteiger partial charge in [-0.05, 0) is 68.1 Å². The molecule has 140 valence electrons.